The minimum absolute atomic E-state index is 0.0501. The number of nitrogens with one attached hydrogen (secondary N) is 1. The highest BCUT2D eigenvalue weighted by Gasteiger charge is 2.35. The van der Waals surface area contributed by atoms with Gasteiger partial charge in [0, 0.05) is 43.6 Å². The molecule has 0 unspecified atom stereocenters. The van der Waals surface area contributed by atoms with Crippen LogP contribution in [0.25, 0.3) is 33.8 Å². The van der Waals surface area contributed by atoms with Crippen LogP contribution in [0.15, 0.2) is 33.8 Å². The molecule has 0 spiro atoms. The number of piperazine rings is 1. The molecule has 12 heteroatoms. The molecule has 2 fully saturated rings. The van der Waals surface area contributed by atoms with Gasteiger partial charge in [-0.05, 0) is 50.7 Å². The summed E-state index contributed by atoms with van der Waals surface area (Å²) in [7, 11) is 1.84. The second-order valence-corrected chi connectivity index (χ2v) is 11.8. The van der Waals surface area contributed by atoms with Crippen molar-refractivity contribution in [3.05, 3.63) is 40.1 Å². The molecule has 1 amide bonds. The van der Waals surface area contributed by atoms with Gasteiger partial charge < -0.3 is 14.4 Å². The van der Waals surface area contributed by atoms with E-state index >= 15 is 0 Å². The first-order chi connectivity index (χ1) is 19.2. The zero-order chi connectivity index (χ0) is 28.1. The Morgan fingerprint density at radius 2 is 1.88 bits per heavy atom. The molecule has 1 aliphatic heterocycles. The van der Waals surface area contributed by atoms with Gasteiger partial charge in [0.1, 0.15) is 12.2 Å². The van der Waals surface area contributed by atoms with Crippen molar-refractivity contribution in [1.82, 2.24) is 34.6 Å². The lowest BCUT2D eigenvalue weighted by Crippen LogP contribution is -2.54. The number of pyridine rings is 2. The van der Waals surface area contributed by atoms with Crippen LogP contribution in [0.5, 0.6) is 0 Å². The number of carbonyl (C=O) groups is 1. The van der Waals surface area contributed by atoms with Gasteiger partial charge in [0.25, 0.3) is 0 Å². The number of aromatic nitrogens is 6. The molecule has 5 heterocycles. The van der Waals surface area contributed by atoms with E-state index in [0.717, 1.165) is 30.2 Å². The molecule has 11 nitrogen and oxygen atoms in total. The summed E-state index contributed by atoms with van der Waals surface area (Å²) in [6, 6.07) is 3.78. The third kappa shape index (κ3) is 4.76. The highest BCUT2D eigenvalue weighted by Crippen LogP contribution is 2.42. The van der Waals surface area contributed by atoms with Crippen LogP contribution in [-0.4, -0.2) is 66.6 Å². The van der Waals surface area contributed by atoms with Gasteiger partial charge in [-0.3, -0.25) is 19.3 Å². The maximum Gasteiger partial charge on any atom is 0.439 e. The number of nitrogens with zero attached hydrogens (tertiary/aromatic N) is 7. The summed E-state index contributed by atoms with van der Waals surface area (Å²) in [5, 5.41) is 4.35. The van der Waals surface area contributed by atoms with Gasteiger partial charge in [-0.15, -0.1) is 0 Å². The molecule has 0 aromatic carbocycles. The van der Waals surface area contributed by atoms with Crippen molar-refractivity contribution >= 4 is 34.5 Å². The van der Waals surface area contributed by atoms with Crippen LogP contribution >= 0.6 is 11.6 Å². The van der Waals surface area contributed by atoms with Crippen LogP contribution in [0, 0.1) is 11.8 Å². The van der Waals surface area contributed by atoms with Crippen molar-refractivity contribution in [3.8, 4) is 22.8 Å². The van der Waals surface area contributed by atoms with Crippen molar-refractivity contribution < 1.29 is 9.32 Å². The SMILES string of the molecule is CC1CCC([C@@H](C)n2c(N3CC(=O)N(C)C[C@H]3C)nc3cc(-c4noc(=O)[nH]4)nc(-c4cncc(Cl)c4)c32)CC1. The number of halogens is 1. The van der Waals surface area contributed by atoms with E-state index in [1.807, 2.05) is 19.2 Å². The first-order valence-electron chi connectivity index (χ1n) is 13.8. The lowest BCUT2D eigenvalue weighted by molar-refractivity contribution is -0.130. The molecule has 4 aromatic rings. The molecule has 0 bridgehead atoms. The minimum atomic E-state index is -0.668. The van der Waals surface area contributed by atoms with Crippen molar-refractivity contribution in [2.45, 2.75) is 58.5 Å². The predicted molar refractivity (Wildman–Crippen MR) is 152 cm³/mol. The Morgan fingerprint density at radius 1 is 1.10 bits per heavy atom. The summed E-state index contributed by atoms with van der Waals surface area (Å²) in [6.07, 6.45) is 7.92. The van der Waals surface area contributed by atoms with Crippen LogP contribution in [0.3, 0.4) is 0 Å². The quantitative estimate of drug-likeness (QED) is 0.374. The van der Waals surface area contributed by atoms with Crippen LogP contribution in [0.4, 0.5) is 5.95 Å². The van der Waals surface area contributed by atoms with Crippen molar-refractivity contribution in [2.24, 2.45) is 11.8 Å². The summed E-state index contributed by atoms with van der Waals surface area (Å²) in [6.45, 7) is 7.52. The Hall–Kier alpha value is -3.73. The molecule has 1 N–H and O–H groups in total. The Morgan fingerprint density at radius 3 is 2.58 bits per heavy atom. The zero-order valence-corrected chi connectivity index (χ0v) is 23.9. The number of anilines is 1. The highest BCUT2D eigenvalue weighted by molar-refractivity contribution is 6.30. The maximum absolute atomic E-state index is 12.9. The molecule has 1 saturated heterocycles. The number of hydrogen-bond donors (Lipinski definition) is 1. The molecule has 2 atom stereocenters. The van der Waals surface area contributed by atoms with Crippen molar-refractivity contribution in [1.29, 1.82) is 0 Å². The van der Waals surface area contributed by atoms with Gasteiger partial charge in [-0.25, -0.2) is 14.8 Å². The average molecular weight is 565 g/mol. The normalized spacial score (nSPS) is 22.7. The standard InChI is InChI=1S/C28H33ClN8O3/c1-15-5-7-18(8-6-15)17(3)37-25-21(32-27(37)36-14-23(38)35(4)13-16(36)2)10-22(26-33-28(39)40-34-26)31-24(25)19-9-20(29)12-30-11-19/h9-12,15-18H,5-8,13-14H2,1-4H3,(H,33,34,39)/t15?,16-,17-,18?/m1/s1. The van der Waals surface area contributed by atoms with Crippen LogP contribution in [-0.2, 0) is 4.79 Å². The van der Waals surface area contributed by atoms with Gasteiger partial charge in [0.15, 0.2) is 0 Å². The van der Waals surface area contributed by atoms with Crippen LogP contribution in [0.1, 0.15) is 52.5 Å². The van der Waals surface area contributed by atoms with E-state index in [0.29, 0.717) is 40.0 Å². The van der Waals surface area contributed by atoms with Gasteiger partial charge in [-0.2, -0.15) is 0 Å². The number of fused-ring (bicyclic) bond motifs is 1. The largest absolute Gasteiger partial charge is 0.439 e. The predicted octanol–water partition coefficient (Wildman–Crippen LogP) is 4.54. The second-order valence-electron chi connectivity index (χ2n) is 11.4. The molecule has 4 aromatic heterocycles. The van der Waals surface area contributed by atoms with Crippen LogP contribution in [0.2, 0.25) is 5.02 Å². The Labute approximate surface area is 236 Å². The van der Waals surface area contributed by atoms with Gasteiger partial charge >= 0.3 is 5.76 Å². The first kappa shape index (κ1) is 26.5. The second kappa shape index (κ2) is 10.3. The van der Waals surface area contributed by atoms with E-state index in [9.17, 15) is 9.59 Å². The van der Waals surface area contributed by atoms with Gasteiger partial charge in [0.05, 0.1) is 21.7 Å². The fourth-order valence-electron chi connectivity index (χ4n) is 6.17. The summed E-state index contributed by atoms with van der Waals surface area (Å²) in [5.74, 6) is 1.49. The van der Waals surface area contributed by atoms with Gasteiger partial charge in [0.2, 0.25) is 17.7 Å². The smallest absolute Gasteiger partial charge is 0.342 e. The molecule has 6 rings (SSSR count). The number of likely N-dealkylation sites (N-methyl/N-ethyl adjacent to an activating group) is 1. The number of amides is 1. The number of aromatic amines is 1. The summed E-state index contributed by atoms with van der Waals surface area (Å²) in [5.41, 5.74) is 3.25. The third-order valence-corrected chi connectivity index (χ3v) is 8.73. The lowest BCUT2D eigenvalue weighted by atomic mass is 9.79. The van der Waals surface area contributed by atoms with E-state index in [-0.39, 0.29) is 30.4 Å². The number of hydrogen-bond acceptors (Lipinski definition) is 8. The third-order valence-electron chi connectivity index (χ3n) is 8.52. The molecule has 1 saturated carbocycles. The van der Waals surface area contributed by atoms with Gasteiger partial charge in [-0.1, -0.05) is 36.5 Å². The average Bonchev–Trinajstić information content (AvgIpc) is 3.54. The monoisotopic (exact) mass is 564 g/mol. The first-order valence-corrected chi connectivity index (χ1v) is 14.2. The fourth-order valence-corrected chi connectivity index (χ4v) is 6.34. The Kier molecular flexibility index (Phi) is 6.85. The number of carbonyl (C=O) groups excluding carboxylic acids is 1. The summed E-state index contributed by atoms with van der Waals surface area (Å²) in [4.78, 5) is 45.5. The lowest BCUT2D eigenvalue weighted by Gasteiger charge is -2.40. The van der Waals surface area contributed by atoms with E-state index < -0.39 is 5.76 Å². The van der Waals surface area contributed by atoms with E-state index in [2.05, 4.69) is 45.4 Å². The summed E-state index contributed by atoms with van der Waals surface area (Å²) < 4.78 is 7.04. The molecule has 2 aliphatic rings. The Bertz CT molecular complexity index is 1620. The van der Waals surface area contributed by atoms with Crippen LogP contribution < -0.4 is 10.7 Å². The molecular weight excluding hydrogens is 532 g/mol. The maximum atomic E-state index is 12.9. The molecule has 40 heavy (non-hydrogen) atoms. The van der Waals surface area contributed by atoms with E-state index in [1.165, 1.54) is 12.8 Å². The zero-order valence-electron chi connectivity index (χ0n) is 23.1. The number of imidazole rings is 1. The van der Waals surface area contributed by atoms with E-state index in [4.69, 9.17) is 26.1 Å². The number of rotatable bonds is 5. The van der Waals surface area contributed by atoms with Crippen molar-refractivity contribution in [2.75, 3.05) is 25.0 Å². The highest BCUT2D eigenvalue weighted by atomic mass is 35.5. The summed E-state index contributed by atoms with van der Waals surface area (Å²) >= 11 is 6.38. The van der Waals surface area contributed by atoms with Crippen molar-refractivity contribution in [3.63, 3.8) is 0 Å². The number of H-pyrrole nitrogens is 1. The minimum Gasteiger partial charge on any atom is -0.342 e. The molecule has 1 aliphatic carbocycles. The Balaban J connectivity index is 1.61. The molecular formula is C28H33ClN8O3. The molecule has 0 radical (unpaired) electrons. The van der Waals surface area contributed by atoms with E-state index in [1.54, 1.807) is 17.3 Å². The fraction of sp³-hybridized carbons (Fsp3) is 0.500. The topological polar surface area (TPSA) is 126 Å². The molecule has 210 valence electrons.